The first kappa shape index (κ1) is 29.9. The van der Waals surface area contributed by atoms with Crippen molar-refractivity contribution in [1.82, 2.24) is 0 Å². The molecule has 0 aromatic heterocycles. The summed E-state index contributed by atoms with van der Waals surface area (Å²) in [6.45, 7) is 0.115. The van der Waals surface area contributed by atoms with E-state index in [0.29, 0.717) is 5.56 Å². The van der Waals surface area contributed by atoms with Gasteiger partial charge in [0.2, 0.25) is 0 Å². The molecule has 4 aromatic carbocycles. The van der Waals surface area contributed by atoms with Gasteiger partial charge in [0, 0.05) is 0 Å². The highest BCUT2D eigenvalue weighted by Gasteiger charge is 2.54. The average Bonchev–Trinajstić information content (AvgIpc) is 3.06. The number of hydrogen-bond acceptors (Lipinski definition) is 7. The summed E-state index contributed by atoms with van der Waals surface area (Å²) in [6.07, 6.45) is -5.46. The molecular weight excluding hydrogens is 552 g/mol. The van der Waals surface area contributed by atoms with Crippen molar-refractivity contribution in [2.24, 2.45) is 0 Å². The number of hydrogen-bond donors (Lipinski definition) is 3. The van der Waals surface area contributed by atoms with Gasteiger partial charge in [-0.05, 0) is 47.2 Å². The third kappa shape index (κ3) is 7.09. The van der Waals surface area contributed by atoms with Crippen LogP contribution in [0.15, 0.2) is 115 Å². The van der Waals surface area contributed by atoms with Crippen LogP contribution in [0.25, 0.3) is 0 Å². The van der Waals surface area contributed by atoms with Crippen LogP contribution in [0.3, 0.4) is 0 Å². The van der Waals surface area contributed by atoms with Gasteiger partial charge in [0.05, 0.1) is 23.7 Å². The Hall–Kier alpha value is -3.53. The highest BCUT2D eigenvalue weighted by atomic mass is 32.2. The third-order valence-corrected chi connectivity index (χ3v) is 10.4. The highest BCUT2D eigenvalue weighted by molar-refractivity contribution is 7.92. The van der Waals surface area contributed by atoms with E-state index >= 15 is 0 Å². The molecular formula is C34H36O7S. The van der Waals surface area contributed by atoms with Crippen molar-refractivity contribution in [3.8, 4) is 5.75 Å². The second kappa shape index (κ2) is 13.6. The molecule has 6 atom stereocenters. The van der Waals surface area contributed by atoms with Gasteiger partial charge in [-0.15, -0.1) is 0 Å². The zero-order valence-electron chi connectivity index (χ0n) is 23.1. The van der Waals surface area contributed by atoms with E-state index in [1.165, 1.54) is 12.1 Å². The van der Waals surface area contributed by atoms with E-state index in [4.69, 9.17) is 9.47 Å². The summed E-state index contributed by atoms with van der Waals surface area (Å²) >= 11 is 0. The lowest BCUT2D eigenvalue weighted by molar-refractivity contribution is -0.139. The Labute approximate surface area is 246 Å². The molecule has 5 rings (SSSR count). The van der Waals surface area contributed by atoms with E-state index in [1.54, 1.807) is 12.1 Å². The molecule has 3 N–H and O–H groups in total. The van der Waals surface area contributed by atoms with E-state index in [2.05, 4.69) is 0 Å². The number of ether oxygens (including phenoxy) is 2. The summed E-state index contributed by atoms with van der Waals surface area (Å²) in [7, 11) is -4.11. The van der Waals surface area contributed by atoms with Crippen LogP contribution < -0.4 is 0 Å². The molecule has 0 saturated carbocycles. The van der Waals surface area contributed by atoms with Crippen molar-refractivity contribution in [2.45, 2.75) is 61.0 Å². The van der Waals surface area contributed by atoms with Gasteiger partial charge in [-0.25, -0.2) is 8.42 Å². The zero-order chi connectivity index (χ0) is 29.5. The molecule has 0 bridgehead atoms. The van der Waals surface area contributed by atoms with Crippen molar-refractivity contribution in [1.29, 1.82) is 0 Å². The summed E-state index contributed by atoms with van der Waals surface area (Å²) in [4.78, 5) is 0. The molecule has 1 fully saturated rings. The van der Waals surface area contributed by atoms with E-state index in [-0.39, 0.29) is 31.8 Å². The first-order chi connectivity index (χ1) is 20.3. The smallest absolute Gasteiger partial charge is 0.161 e. The van der Waals surface area contributed by atoms with Crippen molar-refractivity contribution < 1.29 is 33.2 Å². The Morgan fingerprint density at radius 3 is 1.29 bits per heavy atom. The Morgan fingerprint density at radius 1 is 0.524 bits per heavy atom. The Bertz CT molecular complexity index is 1500. The lowest BCUT2D eigenvalue weighted by Crippen LogP contribution is -2.49. The maximum absolute atomic E-state index is 14.7. The van der Waals surface area contributed by atoms with Gasteiger partial charge in [0.15, 0.2) is 9.84 Å². The van der Waals surface area contributed by atoms with Gasteiger partial charge >= 0.3 is 0 Å². The van der Waals surface area contributed by atoms with Crippen LogP contribution in [0.4, 0.5) is 0 Å². The average molecular weight is 589 g/mol. The predicted octanol–water partition coefficient (Wildman–Crippen LogP) is 4.24. The van der Waals surface area contributed by atoms with E-state index in [1.807, 2.05) is 91.0 Å². The fraction of sp³-hybridized carbons (Fsp3) is 0.294. The van der Waals surface area contributed by atoms with Crippen molar-refractivity contribution in [3.05, 3.63) is 138 Å². The zero-order valence-corrected chi connectivity index (χ0v) is 24.0. The molecule has 1 saturated heterocycles. The van der Waals surface area contributed by atoms with Gasteiger partial charge in [-0.1, -0.05) is 103 Å². The second-order valence-electron chi connectivity index (χ2n) is 10.7. The van der Waals surface area contributed by atoms with Crippen LogP contribution in [-0.2, 0) is 45.4 Å². The summed E-state index contributed by atoms with van der Waals surface area (Å²) < 4.78 is 41.8. The number of rotatable bonds is 10. The molecule has 0 spiro atoms. The molecule has 1 heterocycles. The summed E-state index contributed by atoms with van der Waals surface area (Å²) in [5, 5.41) is 30.7. The molecule has 1 aliphatic heterocycles. The molecule has 0 amide bonds. The van der Waals surface area contributed by atoms with Crippen LogP contribution in [-0.4, -0.2) is 58.7 Å². The van der Waals surface area contributed by atoms with Crippen LogP contribution in [0.2, 0.25) is 0 Å². The Balaban J connectivity index is 1.56. The molecule has 8 heteroatoms. The standard InChI is InChI=1S/C34H36O7S/c35-28-18-16-25(17-19-28)21-30-34(41-23-27-14-8-3-9-15-27)32(37)31(36)33(40-22-26-12-6-2-7-13-26)29(42(30,38)39)20-24-10-4-1-5-11-24/h1-19,29-37H,20-23H2/t29-,30-,31-,32-,33+,34+/m1/s1. The van der Waals surface area contributed by atoms with Gasteiger partial charge in [0.25, 0.3) is 0 Å². The number of aliphatic hydroxyl groups is 2. The number of phenols is 1. The normalized spacial score (nSPS) is 25.5. The lowest BCUT2D eigenvalue weighted by atomic mass is 9.94. The first-order valence-electron chi connectivity index (χ1n) is 14.0. The van der Waals surface area contributed by atoms with Crippen molar-refractivity contribution >= 4 is 9.84 Å². The number of sulfone groups is 1. The predicted molar refractivity (Wildman–Crippen MR) is 161 cm³/mol. The minimum atomic E-state index is -4.11. The molecule has 220 valence electrons. The van der Waals surface area contributed by atoms with Gasteiger partial charge in [0.1, 0.15) is 30.2 Å². The summed E-state index contributed by atoms with van der Waals surface area (Å²) in [6, 6.07) is 34.1. The first-order valence-corrected chi connectivity index (χ1v) is 15.7. The lowest BCUT2D eigenvalue weighted by Gasteiger charge is -2.30. The van der Waals surface area contributed by atoms with Crippen molar-refractivity contribution in [3.63, 3.8) is 0 Å². The minimum Gasteiger partial charge on any atom is -0.508 e. The monoisotopic (exact) mass is 588 g/mol. The Kier molecular flexibility index (Phi) is 9.72. The minimum absolute atomic E-state index is 0.0164. The Morgan fingerprint density at radius 2 is 0.881 bits per heavy atom. The van der Waals surface area contributed by atoms with Crippen LogP contribution in [0.5, 0.6) is 5.75 Å². The van der Waals surface area contributed by atoms with Gasteiger partial charge in [-0.2, -0.15) is 0 Å². The molecule has 0 unspecified atom stereocenters. The largest absolute Gasteiger partial charge is 0.508 e. The molecule has 42 heavy (non-hydrogen) atoms. The SMILES string of the molecule is O=S1(=O)[C@H](Cc2ccccc2)[C@H](OCc2ccccc2)[C@H](O)[C@@H](O)[C@@H](OCc2ccccc2)[C@H]1Cc1ccc(O)cc1. The fourth-order valence-corrected chi connectivity index (χ4v) is 8.07. The number of aliphatic hydroxyl groups excluding tert-OH is 2. The third-order valence-electron chi connectivity index (χ3n) is 7.82. The van der Waals surface area contributed by atoms with E-state index in [9.17, 15) is 23.7 Å². The van der Waals surface area contributed by atoms with Gasteiger partial charge < -0.3 is 24.8 Å². The van der Waals surface area contributed by atoms with Crippen LogP contribution in [0.1, 0.15) is 22.3 Å². The van der Waals surface area contributed by atoms with E-state index < -0.39 is 44.8 Å². The van der Waals surface area contributed by atoms with Crippen molar-refractivity contribution in [2.75, 3.05) is 0 Å². The fourth-order valence-electron chi connectivity index (χ4n) is 5.55. The number of phenolic OH excluding ortho intramolecular Hbond substituents is 1. The topological polar surface area (TPSA) is 113 Å². The van der Waals surface area contributed by atoms with E-state index in [0.717, 1.165) is 16.7 Å². The van der Waals surface area contributed by atoms with Crippen LogP contribution in [0, 0.1) is 0 Å². The maximum Gasteiger partial charge on any atom is 0.161 e. The summed E-state index contributed by atoms with van der Waals surface area (Å²) in [5.74, 6) is 0.0612. The highest BCUT2D eigenvalue weighted by Crippen LogP contribution is 2.35. The molecule has 1 aliphatic rings. The second-order valence-corrected chi connectivity index (χ2v) is 13.1. The number of benzene rings is 4. The molecule has 7 nitrogen and oxygen atoms in total. The molecule has 0 radical (unpaired) electrons. The quantitative estimate of drug-likeness (QED) is 0.254. The summed E-state index contributed by atoms with van der Waals surface area (Å²) in [5.41, 5.74) is 3.05. The molecule has 0 aliphatic carbocycles. The maximum atomic E-state index is 14.7. The van der Waals surface area contributed by atoms with Crippen LogP contribution >= 0.6 is 0 Å². The number of aromatic hydroxyl groups is 1. The molecule has 4 aromatic rings. The van der Waals surface area contributed by atoms with Gasteiger partial charge in [-0.3, -0.25) is 0 Å².